The Morgan fingerprint density at radius 1 is 1.29 bits per heavy atom. The average Bonchev–Trinajstić information content (AvgIpc) is 3.51. The molecule has 2 fully saturated rings. The highest BCUT2D eigenvalue weighted by Gasteiger charge is 2.66. The lowest BCUT2D eigenvalue weighted by Crippen LogP contribution is -2.46. The van der Waals surface area contributed by atoms with Crippen molar-refractivity contribution in [3.8, 4) is 0 Å². The number of rotatable bonds is 9. The van der Waals surface area contributed by atoms with Crippen molar-refractivity contribution >= 4 is 47.7 Å². The molecular weight excluding hydrogens is 572 g/mol. The SMILES string of the molecule is COC(=O)CCCCN1C(=O)[C@@]2(O[C@@H](CC(=O)N3CCC[C@H]3CO)[C@H]([Si](C)(C)O)[C@H]2C)c2cc(Br)ccc21. The lowest BCUT2D eigenvalue weighted by Gasteiger charge is -2.32. The second-order valence-corrected chi connectivity index (χ2v) is 16.2. The Labute approximate surface area is 233 Å². The molecule has 210 valence electrons. The van der Waals surface area contributed by atoms with Gasteiger partial charge >= 0.3 is 5.97 Å². The summed E-state index contributed by atoms with van der Waals surface area (Å²) in [6, 6.07) is 5.50. The van der Waals surface area contributed by atoms with Crippen molar-refractivity contribution in [1.29, 1.82) is 0 Å². The number of amides is 2. The molecule has 0 aliphatic carbocycles. The molecule has 1 aromatic carbocycles. The maximum Gasteiger partial charge on any atom is 0.305 e. The Morgan fingerprint density at radius 3 is 2.68 bits per heavy atom. The van der Waals surface area contributed by atoms with Gasteiger partial charge in [-0.05, 0) is 57.0 Å². The summed E-state index contributed by atoms with van der Waals surface area (Å²) in [5.41, 5.74) is -0.168. The smallest absolute Gasteiger partial charge is 0.305 e. The number of hydrogen-bond donors (Lipinski definition) is 2. The minimum atomic E-state index is -2.89. The number of aliphatic hydroxyl groups excluding tert-OH is 1. The molecule has 2 saturated heterocycles. The predicted octanol–water partition coefficient (Wildman–Crippen LogP) is 3.31. The van der Waals surface area contributed by atoms with Gasteiger partial charge < -0.3 is 29.2 Å². The number of unbranched alkanes of at least 4 members (excludes halogenated alkanes) is 1. The zero-order valence-electron chi connectivity index (χ0n) is 22.6. The van der Waals surface area contributed by atoms with Crippen molar-refractivity contribution in [3.63, 3.8) is 0 Å². The van der Waals surface area contributed by atoms with Crippen LogP contribution < -0.4 is 4.90 Å². The van der Waals surface area contributed by atoms with Crippen LogP contribution in [0.25, 0.3) is 0 Å². The van der Waals surface area contributed by atoms with E-state index in [0.717, 1.165) is 28.6 Å². The second-order valence-electron chi connectivity index (χ2n) is 11.3. The van der Waals surface area contributed by atoms with Crippen LogP contribution in [0.3, 0.4) is 0 Å². The van der Waals surface area contributed by atoms with E-state index < -0.39 is 20.0 Å². The quantitative estimate of drug-likeness (QED) is 0.250. The van der Waals surface area contributed by atoms with Crippen LogP contribution in [-0.4, -0.2) is 79.9 Å². The molecule has 3 aliphatic rings. The molecule has 0 bridgehead atoms. The number of hydrogen-bond acceptors (Lipinski definition) is 7. The summed E-state index contributed by atoms with van der Waals surface area (Å²) < 4.78 is 12.3. The normalized spacial score (nSPS) is 28.9. The third-order valence-electron chi connectivity index (χ3n) is 8.47. The monoisotopic (exact) mass is 610 g/mol. The number of benzene rings is 1. The molecule has 3 aliphatic heterocycles. The Hall–Kier alpha value is -1.79. The number of halogens is 1. The number of fused-ring (bicyclic) bond motifs is 2. The van der Waals surface area contributed by atoms with Crippen molar-refractivity contribution in [3.05, 3.63) is 28.2 Å². The summed E-state index contributed by atoms with van der Waals surface area (Å²) in [7, 11) is -1.53. The van der Waals surface area contributed by atoms with Crippen LogP contribution in [0.2, 0.25) is 18.6 Å². The molecule has 5 atom stereocenters. The summed E-state index contributed by atoms with van der Waals surface area (Å²) in [4.78, 5) is 54.0. The van der Waals surface area contributed by atoms with Crippen molar-refractivity contribution < 1.29 is 33.8 Å². The molecule has 11 heteroatoms. The summed E-state index contributed by atoms with van der Waals surface area (Å²) >= 11 is 3.55. The second kappa shape index (κ2) is 11.4. The van der Waals surface area contributed by atoms with Gasteiger partial charge in [0, 0.05) is 41.0 Å². The fourth-order valence-corrected chi connectivity index (χ4v) is 9.67. The van der Waals surface area contributed by atoms with E-state index in [1.165, 1.54) is 7.11 Å². The molecule has 1 aromatic rings. The maximum absolute atomic E-state index is 14.3. The van der Waals surface area contributed by atoms with Crippen LogP contribution in [0, 0.1) is 5.92 Å². The first-order valence-corrected chi connectivity index (χ1v) is 17.3. The Bertz CT molecular complexity index is 1080. The number of carbonyl (C=O) groups is 3. The number of ether oxygens (including phenoxy) is 2. The van der Waals surface area contributed by atoms with E-state index >= 15 is 0 Å². The van der Waals surface area contributed by atoms with E-state index in [4.69, 9.17) is 9.47 Å². The molecule has 0 saturated carbocycles. The minimum absolute atomic E-state index is 0.0555. The van der Waals surface area contributed by atoms with Gasteiger partial charge in [0.25, 0.3) is 5.91 Å². The molecule has 2 amide bonds. The van der Waals surface area contributed by atoms with Crippen LogP contribution in [0.15, 0.2) is 22.7 Å². The summed E-state index contributed by atoms with van der Waals surface area (Å²) in [5, 5.41) is 9.73. The Morgan fingerprint density at radius 2 is 2.03 bits per heavy atom. The van der Waals surface area contributed by atoms with E-state index in [0.29, 0.717) is 25.9 Å². The first kappa shape index (κ1) is 29.2. The highest BCUT2D eigenvalue weighted by Crippen LogP contribution is 2.60. The predicted molar refractivity (Wildman–Crippen MR) is 148 cm³/mol. The average molecular weight is 612 g/mol. The lowest BCUT2D eigenvalue weighted by molar-refractivity contribution is -0.150. The van der Waals surface area contributed by atoms with Crippen LogP contribution in [0.5, 0.6) is 0 Å². The topological polar surface area (TPSA) is 117 Å². The van der Waals surface area contributed by atoms with Gasteiger partial charge in [0.2, 0.25) is 5.91 Å². The molecule has 38 heavy (non-hydrogen) atoms. The zero-order chi connectivity index (χ0) is 27.8. The highest BCUT2D eigenvalue weighted by molar-refractivity contribution is 9.10. The lowest BCUT2D eigenvalue weighted by atomic mass is 9.82. The van der Waals surface area contributed by atoms with Gasteiger partial charge in [0.15, 0.2) is 13.9 Å². The number of methoxy groups -OCH3 is 1. The summed E-state index contributed by atoms with van der Waals surface area (Å²) in [5.74, 6) is -0.944. The number of likely N-dealkylation sites (tertiary alicyclic amines) is 1. The van der Waals surface area contributed by atoms with Crippen LogP contribution in [0.4, 0.5) is 5.69 Å². The molecule has 3 heterocycles. The van der Waals surface area contributed by atoms with Crippen molar-refractivity contribution in [2.75, 3.05) is 31.7 Å². The Balaban J connectivity index is 1.65. The number of carbonyl (C=O) groups excluding carboxylic acids is 3. The summed E-state index contributed by atoms with van der Waals surface area (Å²) in [6.45, 7) is 6.57. The van der Waals surface area contributed by atoms with Crippen molar-refractivity contribution in [2.45, 2.75) is 81.8 Å². The van der Waals surface area contributed by atoms with Gasteiger partial charge in [-0.3, -0.25) is 14.4 Å². The minimum Gasteiger partial charge on any atom is -0.469 e. The Kier molecular flexibility index (Phi) is 8.73. The van der Waals surface area contributed by atoms with Gasteiger partial charge in [0.05, 0.1) is 38.0 Å². The number of esters is 1. The molecular formula is C27H39BrN2O7Si. The van der Waals surface area contributed by atoms with Gasteiger partial charge in [0.1, 0.15) is 0 Å². The number of anilines is 1. The van der Waals surface area contributed by atoms with E-state index in [-0.39, 0.29) is 54.7 Å². The van der Waals surface area contributed by atoms with Gasteiger partial charge in [-0.15, -0.1) is 0 Å². The molecule has 9 nitrogen and oxygen atoms in total. The summed E-state index contributed by atoms with van der Waals surface area (Å²) in [6.07, 6.45) is 2.53. The van der Waals surface area contributed by atoms with E-state index in [9.17, 15) is 24.3 Å². The number of aliphatic hydroxyl groups is 1. The maximum atomic E-state index is 14.3. The van der Waals surface area contributed by atoms with E-state index in [2.05, 4.69) is 15.9 Å². The van der Waals surface area contributed by atoms with E-state index in [1.54, 1.807) is 9.80 Å². The van der Waals surface area contributed by atoms with Gasteiger partial charge in [-0.25, -0.2) is 0 Å². The highest BCUT2D eigenvalue weighted by atomic mass is 79.9. The van der Waals surface area contributed by atoms with Crippen LogP contribution in [0.1, 0.15) is 51.0 Å². The first-order chi connectivity index (χ1) is 17.9. The third-order valence-corrected chi connectivity index (χ3v) is 11.5. The molecule has 0 aromatic heterocycles. The van der Waals surface area contributed by atoms with Gasteiger partial charge in [-0.1, -0.05) is 22.9 Å². The van der Waals surface area contributed by atoms with Gasteiger partial charge in [-0.2, -0.15) is 0 Å². The number of nitrogens with zero attached hydrogens (tertiary/aromatic N) is 2. The largest absolute Gasteiger partial charge is 0.469 e. The van der Waals surface area contributed by atoms with Crippen molar-refractivity contribution in [2.24, 2.45) is 5.92 Å². The fraction of sp³-hybridized carbons (Fsp3) is 0.667. The first-order valence-electron chi connectivity index (χ1n) is 13.4. The van der Waals surface area contributed by atoms with Crippen LogP contribution >= 0.6 is 15.9 Å². The standard InChI is InChI=1S/C27H39BrN2O7Si/c1-17-25(38(3,4)35)22(15-23(32)29-13-7-8-19(29)16-31)37-27(17)20-14-18(28)10-11-21(20)30(26(27)34)12-6-5-9-24(33)36-2/h10-11,14,17,19,22,25,31,35H,5-9,12-13,15-16H2,1-4H3/t17-,19+,22+,25-,27+/m1/s1. The molecule has 4 rings (SSSR count). The van der Waals surface area contributed by atoms with E-state index in [1.807, 2.05) is 38.2 Å². The molecule has 0 unspecified atom stereocenters. The molecule has 2 N–H and O–H groups in total. The third kappa shape index (κ3) is 5.20. The molecule has 0 radical (unpaired) electrons. The molecule has 1 spiro atoms. The van der Waals surface area contributed by atoms with Crippen LogP contribution in [-0.2, 0) is 29.5 Å². The van der Waals surface area contributed by atoms with Crippen molar-refractivity contribution in [1.82, 2.24) is 4.90 Å². The zero-order valence-corrected chi connectivity index (χ0v) is 25.2. The fourth-order valence-electron chi connectivity index (χ4n) is 6.76.